The van der Waals surface area contributed by atoms with Crippen molar-refractivity contribution in [1.82, 2.24) is 14.9 Å². The molecule has 1 unspecified atom stereocenters. The number of thioether (sulfide) groups is 1. The molecule has 1 aliphatic rings. The van der Waals surface area contributed by atoms with E-state index < -0.39 is 28.8 Å². The van der Waals surface area contributed by atoms with Gasteiger partial charge < -0.3 is 29.4 Å². The van der Waals surface area contributed by atoms with E-state index in [2.05, 4.69) is 12.2 Å². The van der Waals surface area contributed by atoms with Gasteiger partial charge in [-0.3, -0.25) is 9.36 Å². The second-order valence-electron chi connectivity index (χ2n) is 12.1. The Morgan fingerprint density at radius 1 is 0.980 bits per heavy atom. The third-order valence-corrected chi connectivity index (χ3v) is 9.94. The molecule has 1 atom stereocenters. The molecule has 3 aromatic carbocycles. The molecule has 0 saturated heterocycles. The van der Waals surface area contributed by atoms with Crippen molar-refractivity contribution in [2.24, 2.45) is 0 Å². The lowest BCUT2D eigenvalue weighted by molar-refractivity contribution is 0.00825. The quantitative estimate of drug-likeness (QED) is 0.0862. The van der Waals surface area contributed by atoms with Crippen LogP contribution in [0.5, 0.6) is 5.75 Å². The maximum atomic E-state index is 15.4. The van der Waals surface area contributed by atoms with E-state index in [1.807, 2.05) is 16.7 Å². The number of aliphatic hydroxyl groups excluding tert-OH is 1. The van der Waals surface area contributed by atoms with Crippen LogP contribution in [0, 0.1) is 17.5 Å². The van der Waals surface area contributed by atoms with Crippen LogP contribution in [0.3, 0.4) is 0 Å². The lowest BCUT2D eigenvalue weighted by Gasteiger charge is -2.36. The van der Waals surface area contributed by atoms with Gasteiger partial charge in [0.05, 0.1) is 69.8 Å². The van der Waals surface area contributed by atoms with Crippen molar-refractivity contribution in [3.8, 4) is 11.4 Å². The first-order valence-corrected chi connectivity index (χ1v) is 18.0. The number of nitrogens with one attached hydrogen (secondary N) is 1. The van der Waals surface area contributed by atoms with Crippen LogP contribution < -0.4 is 10.1 Å². The van der Waals surface area contributed by atoms with Gasteiger partial charge in [0.1, 0.15) is 23.2 Å². The van der Waals surface area contributed by atoms with Crippen molar-refractivity contribution in [3.63, 3.8) is 0 Å². The molecule has 5 rings (SSSR count). The number of halogens is 4. The molecule has 51 heavy (non-hydrogen) atoms. The molecule has 0 radical (unpaired) electrons. The van der Waals surface area contributed by atoms with Gasteiger partial charge in [-0.2, -0.15) is 0 Å². The Bertz CT molecular complexity index is 1770. The number of aromatic nitrogens is 2. The molecule has 1 heterocycles. The second kappa shape index (κ2) is 18.3. The number of methoxy groups -OCH3 is 1. The molecule has 1 aromatic heterocycles. The Labute approximate surface area is 304 Å². The molecule has 1 aliphatic carbocycles. The van der Waals surface area contributed by atoms with Crippen molar-refractivity contribution in [1.29, 1.82) is 0 Å². The Morgan fingerprint density at radius 3 is 2.31 bits per heavy atom. The minimum Gasteiger partial charge on any atom is -0.495 e. The summed E-state index contributed by atoms with van der Waals surface area (Å²) in [6, 6.07) is 13.8. The monoisotopic (exact) mass is 747 g/mol. The average Bonchev–Trinajstić information content (AvgIpc) is 3.50. The number of nitrogens with zero attached hydrogens (tertiary/aromatic N) is 2. The molecule has 0 spiro atoms. The summed E-state index contributed by atoms with van der Waals surface area (Å²) in [5.41, 5.74) is 2.49. The normalized spacial score (nSPS) is 15.5. The van der Waals surface area contributed by atoms with Crippen LogP contribution in [0.4, 0.5) is 13.2 Å². The highest BCUT2D eigenvalue weighted by molar-refractivity contribution is 7.98. The van der Waals surface area contributed by atoms with E-state index in [4.69, 9.17) is 40.6 Å². The third-order valence-electron chi connectivity index (χ3n) is 8.67. The van der Waals surface area contributed by atoms with Crippen molar-refractivity contribution >= 4 is 29.3 Å². The van der Waals surface area contributed by atoms with E-state index >= 15 is 8.78 Å². The van der Waals surface area contributed by atoms with Gasteiger partial charge in [0.25, 0.3) is 5.91 Å². The Hall–Kier alpha value is -3.59. The molecule has 2 N–H and O–H groups in total. The summed E-state index contributed by atoms with van der Waals surface area (Å²) in [6.45, 7) is 4.00. The fourth-order valence-electron chi connectivity index (χ4n) is 6.07. The number of hydrogen-bond acceptors (Lipinski definition) is 8. The summed E-state index contributed by atoms with van der Waals surface area (Å²) in [6.07, 6.45) is 2.34. The van der Waals surface area contributed by atoms with Gasteiger partial charge in [0.2, 0.25) is 0 Å². The van der Waals surface area contributed by atoms with Crippen molar-refractivity contribution in [3.05, 3.63) is 105 Å². The predicted molar refractivity (Wildman–Crippen MR) is 189 cm³/mol. The number of fused-ring (bicyclic) bond motifs is 1. The number of amides is 1. The van der Waals surface area contributed by atoms with E-state index in [1.54, 1.807) is 25.3 Å². The zero-order chi connectivity index (χ0) is 36.4. The van der Waals surface area contributed by atoms with E-state index in [1.165, 1.54) is 12.1 Å². The number of carbonyl (C=O) groups is 1. The summed E-state index contributed by atoms with van der Waals surface area (Å²) in [5, 5.41) is 12.3. The number of rotatable bonds is 18. The number of ether oxygens (including phenoxy) is 4. The largest absolute Gasteiger partial charge is 0.495 e. The number of carbonyl (C=O) groups excluding carboxylic acids is 1. The van der Waals surface area contributed by atoms with Crippen molar-refractivity contribution in [2.75, 3.05) is 59.9 Å². The Kier molecular flexibility index (Phi) is 13.8. The third kappa shape index (κ3) is 9.45. The van der Waals surface area contributed by atoms with Crippen molar-refractivity contribution < 1.29 is 42.0 Å². The lowest BCUT2D eigenvalue weighted by Crippen LogP contribution is -2.31. The molecule has 0 aliphatic heterocycles. The van der Waals surface area contributed by atoms with Gasteiger partial charge in [0.15, 0.2) is 5.16 Å². The standard InChI is InChI=1S/C37H41ClF3N3O6S/c1-37(25-5-10-29(38)33(22-25)47-2)11-3-4-32-34(37)44(27-8-6-26(39)7-9-27)36(43-32)51-23-28-30(40)20-24(21-31(28)41)35(46)42-12-14-48-16-18-50-19-17-49-15-13-45/h5-10,20-22,45H,3-4,11-19,23H2,1-2H3,(H,42,46). The van der Waals surface area contributed by atoms with Crippen molar-refractivity contribution in [2.45, 2.75) is 42.5 Å². The summed E-state index contributed by atoms with van der Waals surface area (Å²) >= 11 is 7.52. The minimum atomic E-state index is -0.855. The second-order valence-corrected chi connectivity index (χ2v) is 13.4. The molecule has 14 heteroatoms. The zero-order valence-electron chi connectivity index (χ0n) is 28.5. The smallest absolute Gasteiger partial charge is 0.251 e. The molecule has 4 aromatic rings. The topological polar surface area (TPSA) is 104 Å². The molecule has 0 bridgehead atoms. The number of aliphatic hydroxyl groups is 1. The maximum absolute atomic E-state index is 15.4. The summed E-state index contributed by atoms with van der Waals surface area (Å²) in [5.74, 6) is -2.30. The van der Waals surface area contributed by atoms with Gasteiger partial charge in [-0.1, -0.05) is 29.4 Å². The van der Waals surface area contributed by atoms with E-state index in [-0.39, 0.29) is 43.2 Å². The molecular weight excluding hydrogens is 707 g/mol. The van der Waals surface area contributed by atoms with Gasteiger partial charge in [-0.25, -0.2) is 18.2 Å². The van der Waals surface area contributed by atoms with E-state index in [0.717, 1.165) is 53.7 Å². The fraction of sp³-hybridized carbons (Fsp3) is 0.405. The van der Waals surface area contributed by atoms with Gasteiger partial charge in [-0.05, 0) is 80.3 Å². The molecule has 9 nitrogen and oxygen atoms in total. The maximum Gasteiger partial charge on any atom is 0.251 e. The molecule has 0 saturated carbocycles. The van der Waals surface area contributed by atoms with E-state index in [0.29, 0.717) is 54.5 Å². The van der Waals surface area contributed by atoms with E-state index in [9.17, 15) is 9.18 Å². The van der Waals surface area contributed by atoms with Crippen LogP contribution in [0.2, 0.25) is 5.02 Å². The first kappa shape index (κ1) is 38.6. The first-order valence-electron chi connectivity index (χ1n) is 16.6. The van der Waals surface area contributed by atoms with Gasteiger partial charge in [0, 0.05) is 34.5 Å². The number of benzene rings is 3. The summed E-state index contributed by atoms with van der Waals surface area (Å²) in [7, 11) is 1.56. The Balaban J connectivity index is 1.29. The highest BCUT2D eigenvalue weighted by Gasteiger charge is 2.40. The van der Waals surface area contributed by atoms with Crippen LogP contribution in [-0.2, 0) is 31.8 Å². The predicted octanol–water partition coefficient (Wildman–Crippen LogP) is 6.66. The average molecular weight is 748 g/mol. The number of aryl methyl sites for hydroxylation is 1. The van der Waals surface area contributed by atoms with Crippen LogP contribution in [0.15, 0.2) is 59.8 Å². The SMILES string of the molecule is COc1cc(C2(C)CCCc3nc(SCc4c(F)cc(C(=O)NCCOCCOCCOCCO)cc4F)n(-c4ccc(F)cc4)c32)ccc1Cl. The zero-order valence-corrected chi connectivity index (χ0v) is 30.1. The highest BCUT2D eigenvalue weighted by Crippen LogP contribution is 2.47. The molecular formula is C37H41ClF3N3O6S. The summed E-state index contributed by atoms with van der Waals surface area (Å²) < 4.78 is 68.1. The van der Waals surface area contributed by atoms with Crippen LogP contribution >= 0.6 is 23.4 Å². The molecule has 1 amide bonds. The van der Waals surface area contributed by atoms with Crippen LogP contribution in [-0.4, -0.2) is 80.5 Å². The minimum absolute atomic E-state index is 0.0462. The van der Waals surface area contributed by atoms with Gasteiger partial charge in [-0.15, -0.1) is 0 Å². The summed E-state index contributed by atoms with van der Waals surface area (Å²) in [4.78, 5) is 17.6. The Morgan fingerprint density at radius 2 is 1.65 bits per heavy atom. The van der Waals surface area contributed by atoms with Crippen LogP contribution in [0.1, 0.15) is 52.6 Å². The molecule has 274 valence electrons. The molecule has 0 fully saturated rings. The number of hydrogen-bond donors (Lipinski definition) is 2. The van der Waals surface area contributed by atoms with Crippen LogP contribution in [0.25, 0.3) is 5.69 Å². The fourth-order valence-corrected chi connectivity index (χ4v) is 7.32. The lowest BCUT2D eigenvalue weighted by atomic mass is 9.71. The number of imidazole rings is 1. The highest BCUT2D eigenvalue weighted by atomic mass is 35.5. The van der Waals surface area contributed by atoms with Gasteiger partial charge >= 0.3 is 0 Å². The first-order chi connectivity index (χ1) is 24.7.